The van der Waals surface area contributed by atoms with Gasteiger partial charge in [0.25, 0.3) is 0 Å². The fourth-order valence-corrected chi connectivity index (χ4v) is 3.42. The number of nitrogens with zero attached hydrogens (tertiary/aromatic N) is 1. The van der Waals surface area contributed by atoms with E-state index < -0.39 is 0 Å². The van der Waals surface area contributed by atoms with Gasteiger partial charge in [0, 0.05) is 19.6 Å². The van der Waals surface area contributed by atoms with Gasteiger partial charge in [0.05, 0.1) is 0 Å². The van der Waals surface area contributed by atoms with Gasteiger partial charge in [-0.1, -0.05) is 41.4 Å². The largest absolute Gasteiger partial charge is 0.361 e. The van der Waals surface area contributed by atoms with Crippen molar-refractivity contribution in [3.05, 3.63) is 34.9 Å². The van der Waals surface area contributed by atoms with E-state index in [1.54, 1.807) is 0 Å². The second kappa shape index (κ2) is 14.9. The van der Waals surface area contributed by atoms with Crippen molar-refractivity contribution in [3.63, 3.8) is 0 Å². The Morgan fingerprint density at radius 2 is 1.48 bits per heavy atom. The lowest BCUT2D eigenvalue weighted by Crippen LogP contribution is -2.41. The second-order valence-corrected chi connectivity index (χ2v) is 8.41. The van der Waals surface area contributed by atoms with Crippen LogP contribution in [0.2, 0.25) is 0 Å². The number of piperidine rings is 1. The molecule has 0 saturated carbocycles. The van der Waals surface area contributed by atoms with Crippen molar-refractivity contribution in [2.75, 3.05) is 32.7 Å². The maximum atomic E-state index is 5.37. The van der Waals surface area contributed by atoms with Crippen LogP contribution < -0.4 is 10.6 Å². The summed E-state index contributed by atoms with van der Waals surface area (Å²) in [5, 5.41) is 7.39. The van der Waals surface area contributed by atoms with E-state index in [1.807, 2.05) is 0 Å². The molecule has 1 saturated heterocycles. The lowest BCUT2D eigenvalue weighted by molar-refractivity contribution is 0.232. The Balaban J connectivity index is 2.09. The molecule has 0 radical (unpaired) electrons. The Hall–Kier alpha value is -1.13. The topological polar surface area (TPSA) is 27.3 Å². The molecule has 1 aliphatic rings. The summed E-state index contributed by atoms with van der Waals surface area (Å²) < 4.78 is 0. The lowest BCUT2D eigenvalue weighted by atomic mass is 10.1. The van der Waals surface area contributed by atoms with Crippen LogP contribution in [0.1, 0.15) is 72.6 Å². The molecule has 1 heterocycles. The minimum atomic E-state index is 0.770. The zero-order chi connectivity index (χ0) is 19.9. The molecule has 1 rings (SSSR count). The first-order chi connectivity index (χ1) is 13.0. The van der Waals surface area contributed by atoms with Gasteiger partial charge in [-0.15, -0.1) is 0 Å². The predicted molar refractivity (Wildman–Crippen MR) is 124 cm³/mol. The number of rotatable bonds is 11. The first-order valence-corrected chi connectivity index (χ1v) is 11.1. The van der Waals surface area contributed by atoms with Gasteiger partial charge in [-0.05, 0) is 91.5 Å². The van der Waals surface area contributed by atoms with Crippen LogP contribution in [0.15, 0.2) is 34.9 Å². The van der Waals surface area contributed by atoms with E-state index in [0.717, 1.165) is 44.0 Å². The van der Waals surface area contributed by atoms with Crippen LogP contribution in [0.3, 0.4) is 0 Å². The van der Waals surface area contributed by atoms with Crippen LogP contribution in [0.25, 0.3) is 0 Å². The summed E-state index contributed by atoms with van der Waals surface area (Å²) in [6.45, 7) is 14.1. The zero-order valence-corrected chi connectivity index (χ0v) is 18.9. The molecule has 27 heavy (non-hydrogen) atoms. The van der Waals surface area contributed by atoms with Gasteiger partial charge < -0.3 is 15.5 Å². The summed E-state index contributed by atoms with van der Waals surface area (Å²) in [5.41, 5.74) is 4.33. The fraction of sp³-hybridized carbons (Fsp3) is 0.696. The van der Waals surface area contributed by atoms with E-state index in [2.05, 4.69) is 61.5 Å². The van der Waals surface area contributed by atoms with Crippen molar-refractivity contribution in [2.24, 2.45) is 0 Å². The third kappa shape index (κ3) is 13.7. The van der Waals surface area contributed by atoms with Gasteiger partial charge in [-0.3, -0.25) is 0 Å². The highest BCUT2D eigenvalue weighted by Gasteiger charge is 2.08. The van der Waals surface area contributed by atoms with E-state index in [4.69, 9.17) is 12.2 Å². The molecule has 0 amide bonds. The molecule has 0 spiro atoms. The Kier molecular flexibility index (Phi) is 13.2. The highest BCUT2D eigenvalue weighted by atomic mass is 32.1. The van der Waals surface area contributed by atoms with Gasteiger partial charge in [-0.25, -0.2) is 0 Å². The number of hydrogen-bond donors (Lipinski definition) is 2. The van der Waals surface area contributed by atoms with Crippen molar-refractivity contribution in [3.8, 4) is 0 Å². The molecular weight excluding hydrogens is 350 g/mol. The van der Waals surface area contributed by atoms with Gasteiger partial charge >= 0.3 is 0 Å². The van der Waals surface area contributed by atoms with Crippen molar-refractivity contribution < 1.29 is 0 Å². The standard InChI is InChI=1S/C23H41N3S/c1-20(2)10-8-11-21(3)12-9-13-22(4)14-15-24-23(27)25-16-19-26-17-6-5-7-18-26/h10,12,14H,5-9,11,13,15-19H2,1-4H3,(H2,24,25,27)/b21-12+,22-14+. The maximum absolute atomic E-state index is 5.37. The average molecular weight is 392 g/mol. The third-order valence-electron chi connectivity index (χ3n) is 5.00. The average Bonchev–Trinajstić information content (AvgIpc) is 2.62. The molecule has 0 aromatic heterocycles. The number of likely N-dealkylation sites (tertiary alicyclic amines) is 1. The maximum Gasteiger partial charge on any atom is 0.166 e. The van der Waals surface area contributed by atoms with Gasteiger partial charge in [0.1, 0.15) is 0 Å². The van der Waals surface area contributed by atoms with E-state index in [-0.39, 0.29) is 0 Å². The number of hydrogen-bond acceptors (Lipinski definition) is 2. The summed E-state index contributed by atoms with van der Waals surface area (Å²) in [6.07, 6.45) is 15.6. The minimum Gasteiger partial charge on any atom is -0.361 e. The van der Waals surface area contributed by atoms with Gasteiger partial charge in [-0.2, -0.15) is 0 Å². The highest BCUT2D eigenvalue weighted by molar-refractivity contribution is 7.80. The number of thiocarbonyl (C=S) groups is 1. The molecular formula is C23H41N3S. The van der Waals surface area contributed by atoms with E-state index in [9.17, 15) is 0 Å². The van der Waals surface area contributed by atoms with E-state index in [1.165, 1.54) is 55.5 Å². The SMILES string of the molecule is CC(C)=CCC/C(C)=C/CC/C(C)=C/CNC(=S)NCCN1CCCCC1. The molecule has 4 heteroatoms. The second-order valence-electron chi connectivity index (χ2n) is 8.00. The molecule has 0 unspecified atom stereocenters. The molecule has 1 fully saturated rings. The first-order valence-electron chi connectivity index (χ1n) is 10.7. The monoisotopic (exact) mass is 391 g/mol. The van der Waals surface area contributed by atoms with Crippen LogP contribution in [0, 0.1) is 0 Å². The molecule has 2 N–H and O–H groups in total. The minimum absolute atomic E-state index is 0.770. The van der Waals surface area contributed by atoms with Crippen molar-refractivity contribution in [2.45, 2.75) is 72.6 Å². The van der Waals surface area contributed by atoms with Gasteiger partial charge in [0.2, 0.25) is 0 Å². The van der Waals surface area contributed by atoms with E-state index in [0.29, 0.717) is 0 Å². The summed E-state index contributed by atoms with van der Waals surface area (Å²) >= 11 is 5.37. The molecule has 1 aliphatic heterocycles. The van der Waals surface area contributed by atoms with Crippen LogP contribution in [-0.2, 0) is 0 Å². The third-order valence-corrected chi connectivity index (χ3v) is 5.29. The van der Waals surface area contributed by atoms with Crippen molar-refractivity contribution in [1.82, 2.24) is 15.5 Å². The Labute approximate surface area is 173 Å². The van der Waals surface area contributed by atoms with Gasteiger partial charge in [0.15, 0.2) is 5.11 Å². The molecule has 0 atom stereocenters. The number of allylic oxidation sites excluding steroid dienone is 5. The Morgan fingerprint density at radius 3 is 2.15 bits per heavy atom. The molecule has 154 valence electrons. The lowest BCUT2D eigenvalue weighted by Gasteiger charge is -2.26. The summed E-state index contributed by atoms with van der Waals surface area (Å²) in [5.74, 6) is 0. The molecule has 0 aromatic carbocycles. The van der Waals surface area contributed by atoms with Crippen LogP contribution >= 0.6 is 12.2 Å². The molecule has 0 bridgehead atoms. The zero-order valence-electron chi connectivity index (χ0n) is 18.1. The van der Waals surface area contributed by atoms with Crippen molar-refractivity contribution in [1.29, 1.82) is 0 Å². The normalized spacial score (nSPS) is 16.1. The first kappa shape index (κ1) is 23.9. The molecule has 3 nitrogen and oxygen atoms in total. The highest BCUT2D eigenvalue weighted by Crippen LogP contribution is 2.11. The summed E-state index contributed by atoms with van der Waals surface area (Å²) in [7, 11) is 0. The smallest absolute Gasteiger partial charge is 0.166 e. The summed E-state index contributed by atoms with van der Waals surface area (Å²) in [4.78, 5) is 2.53. The van der Waals surface area contributed by atoms with Crippen LogP contribution in [0.4, 0.5) is 0 Å². The van der Waals surface area contributed by atoms with Crippen LogP contribution in [-0.4, -0.2) is 42.7 Å². The number of nitrogens with one attached hydrogen (secondary N) is 2. The van der Waals surface area contributed by atoms with Crippen LogP contribution in [0.5, 0.6) is 0 Å². The Bertz CT molecular complexity index is 510. The summed E-state index contributed by atoms with van der Waals surface area (Å²) in [6, 6.07) is 0. The Morgan fingerprint density at radius 1 is 0.852 bits per heavy atom. The van der Waals surface area contributed by atoms with E-state index >= 15 is 0 Å². The molecule has 0 aliphatic carbocycles. The fourth-order valence-electron chi connectivity index (χ4n) is 3.23. The quantitative estimate of drug-likeness (QED) is 0.366. The molecule has 0 aromatic rings. The predicted octanol–water partition coefficient (Wildman–Crippen LogP) is 5.36. The van der Waals surface area contributed by atoms with Crippen molar-refractivity contribution >= 4 is 17.3 Å².